The molecule has 0 unspecified atom stereocenters. The van der Waals surface area contributed by atoms with Gasteiger partial charge in [0.25, 0.3) is 11.5 Å². The lowest BCUT2D eigenvalue weighted by Gasteiger charge is -2.18. The van der Waals surface area contributed by atoms with Crippen LogP contribution in [0.3, 0.4) is 0 Å². The largest absolute Gasteiger partial charge is 0.342 e. The van der Waals surface area contributed by atoms with E-state index in [0.29, 0.717) is 23.1 Å². The zero-order valence-corrected chi connectivity index (χ0v) is 12.1. The first-order valence-corrected chi connectivity index (χ1v) is 7.13. The van der Waals surface area contributed by atoms with Gasteiger partial charge < -0.3 is 9.47 Å². The standard InChI is InChI=1S/C13H13N3O4S/c1-13(19-6-7-20-13)12-14-8-9(21-12)11(18)15-16-5-3-2-4-10(16)17/h2-5,8H,6-7H2,1H3,(H,15,18). The van der Waals surface area contributed by atoms with E-state index in [1.54, 1.807) is 19.1 Å². The van der Waals surface area contributed by atoms with E-state index in [1.165, 1.54) is 29.8 Å². The number of pyridine rings is 1. The van der Waals surface area contributed by atoms with E-state index < -0.39 is 11.7 Å². The van der Waals surface area contributed by atoms with Crippen molar-refractivity contribution in [1.29, 1.82) is 0 Å². The molecule has 7 nitrogen and oxygen atoms in total. The van der Waals surface area contributed by atoms with Gasteiger partial charge in [-0.2, -0.15) is 0 Å². The van der Waals surface area contributed by atoms with Gasteiger partial charge in [0.1, 0.15) is 4.88 Å². The van der Waals surface area contributed by atoms with E-state index in [9.17, 15) is 9.59 Å². The van der Waals surface area contributed by atoms with Gasteiger partial charge in [-0.1, -0.05) is 6.07 Å². The number of carbonyl (C=O) groups excluding carboxylic acids is 1. The summed E-state index contributed by atoms with van der Waals surface area (Å²) in [5.74, 6) is -1.30. The van der Waals surface area contributed by atoms with E-state index in [4.69, 9.17) is 9.47 Å². The number of rotatable bonds is 3. The Kier molecular flexibility index (Phi) is 3.58. The number of nitrogens with zero attached hydrogens (tertiary/aromatic N) is 2. The number of nitrogens with one attached hydrogen (secondary N) is 1. The first-order chi connectivity index (χ1) is 10.1. The third-order valence-electron chi connectivity index (χ3n) is 3.00. The maximum Gasteiger partial charge on any atom is 0.281 e. The Bertz CT molecular complexity index is 718. The van der Waals surface area contributed by atoms with Crippen LogP contribution in [0, 0.1) is 0 Å². The van der Waals surface area contributed by atoms with Crippen LogP contribution in [-0.4, -0.2) is 28.8 Å². The van der Waals surface area contributed by atoms with Gasteiger partial charge in [0, 0.05) is 12.3 Å². The first kappa shape index (κ1) is 13.9. The predicted octanol–water partition coefficient (Wildman–Crippen LogP) is 0.908. The molecule has 2 aromatic rings. The third kappa shape index (κ3) is 2.73. The fraction of sp³-hybridized carbons (Fsp3) is 0.308. The van der Waals surface area contributed by atoms with Crippen LogP contribution in [0.5, 0.6) is 0 Å². The van der Waals surface area contributed by atoms with E-state index in [0.717, 1.165) is 4.68 Å². The van der Waals surface area contributed by atoms with Crippen molar-refractivity contribution >= 4 is 17.2 Å². The minimum absolute atomic E-state index is 0.315. The van der Waals surface area contributed by atoms with Crippen LogP contribution in [0.1, 0.15) is 21.6 Å². The minimum atomic E-state index is -0.896. The molecule has 1 N–H and O–H groups in total. The second kappa shape index (κ2) is 5.40. The number of hydrogen-bond acceptors (Lipinski definition) is 6. The fourth-order valence-corrected chi connectivity index (χ4v) is 2.77. The quantitative estimate of drug-likeness (QED) is 0.911. The van der Waals surface area contributed by atoms with Crippen LogP contribution in [0.15, 0.2) is 35.4 Å². The molecule has 0 atom stereocenters. The molecule has 0 spiro atoms. The molecule has 21 heavy (non-hydrogen) atoms. The summed E-state index contributed by atoms with van der Waals surface area (Å²) in [6.07, 6.45) is 2.92. The van der Waals surface area contributed by atoms with E-state index in [-0.39, 0.29) is 5.56 Å². The highest BCUT2D eigenvalue weighted by Crippen LogP contribution is 2.33. The average Bonchev–Trinajstić information content (AvgIpc) is 3.11. The van der Waals surface area contributed by atoms with Crippen molar-refractivity contribution in [3.63, 3.8) is 0 Å². The molecule has 110 valence electrons. The highest BCUT2D eigenvalue weighted by Gasteiger charge is 2.36. The van der Waals surface area contributed by atoms with E-state index in [2.05, 4.69) is 10.4 Å². The smallest absolute Gasteiger partial charge is 0.281 e. The van der Waals surface area contributed by atoms with Crippen LogP contribution in [0.4, 0.5) is 0 Å². The molecular formula is C13H13N3O4S. The molecule has 1 amide bonds. The molecule has 0 aliphatic carbocycles. The second-order valence-electron chi connectivity index (χ2n) is 4.52. The molecule has 3 heterocycles. The highest BCUT2D eigenvalue weighted by molar-refractivity contribution is 7.13. The van der Waals surface area contributed by atoms with Gasteiger partial charge in [-0.05, 0) is 13.0 Å². The Morgan fingerprint density at radius 1 is 1.43 bits per heavy atom. The lowest BCUT2D eigenvalue weighted by atomic mass is 10.3. The summed E-state index contributed by atoms with van der Waals surface area (Å²) in [6.45, 7) is 2.76. The molecule has 0 aromatic carbocycles. The average molecular weight is 307 g/mol. The summed E-state index contributed by atoms with van der Waals surface area (Å²) >= 11 is 1.17. The Labute approximate surface area is 124 Å². The van der Waals surface area contributed by atoms with Gasteiger partial charge in [-0.25, -0.2) is 9.66 Å². The van der Waals surface area contributed by atoms with Crippen molar-refractivity contribution in [3.8, 4) is 0 Å². The summed E-state index contributed by atoms with van der Waals surface area (Å²) in [5.41, 5.74) is 2.18. The summed E-state index contributed by atoms with van der Waals surface area (Å²) in [4.78, 5) is 28.2. The Morgan fingerprint density at radius 3 is 2.90 bits per heavy atom. The number of amides is 1. The normalized spacial score (nSPS) is 16.8. The van der Waals surface area contributed by atoms with Gasteiger partial charge in [-0.3, -0.25) is 15.0 Å². The van der Waals surface area contributed by atoms with Gasteiger partial charge in [0.05, 0.1) is 19.4 Å². The van der Waals surface area contributed by atoms with Crippen molar-refractivity contribution in [2.75, 3.05) is 18.6 Å². The monoisotopic (exact) mass is 307 g/mol. The molecule has 1 aliphatic rings. The highest BCUT2D eigenvalue weighted by atomic mass is 32.1. The van der Waals surface area contributed by atoms with Crippen LogP contribution in [0.25, 0.3) is 0 Å². The van der Waals surface area contributed by atoms with Gasteiger partial charge >= 0.3 is 0 Å². The number of aromatic nitrogens is 2. The maximum atomic E-state index is 12.1. The molecule has 0 saturated carbocycles. The van der Waals surface area contributed by atoms with Crippen LogP contribution < -0.4 is 11.0 Å². The van der Waals surface area contributed by atoms with Gasteiger partial charge in [-0.15, -0.1) is 11.3 Å². The summed E-state index contributed by atoms with van der Waals surface area (Å²) in [5, 5.41) is 0.575. The molecule has 1 saturated heterocycles. The van der Waals surface area contributed by atoms with Crippen molar-refractivity contribution in [2.24, 2.45) is 0 Å². The van der Waals surface area contributed by atoms with Crippen LogP contribution in [-0.2, 0) is 15.3 Å². The van der Waals surface area contributed by atoms with Gasteiger partial charge in [0.2, 0.25) is 5.79 Å². The third-order valence-corrected chi connectivity index (χ3v) is 4.18. The Morgan fingerprint density at radius 2 is 2.19 bits per heavy atom. The molecule has 0 radical (unpaired) electrons. The number of hydrogen-bond donors (Lipinski definition) is 1. The van der Waals surface area contributed by atoms with Crippen molar-refractivity contribution < 1.29 is 14.3 Å². The molecule has 1 aliphatic heterocycles. The zero-order chi connectivity index (χ0) is 14.9. The van der Waals surface area contributed by atoms with Crippen LogP contribution in [0.2, 0.25) is 0 Å². The Hall–Kier alpha value is -2.03. The summed E-state index contributed by atoms with van der Waals surface area (Å²) in [7, 11) is 0. The summed E-state index contributed by atoms with van der Waals surface area (Å²) < 4.78 is 12.1. The maximum absolute atomic E-state index is 12.1. The van der Waals surface area contributed by atoms with Crippen LogP contribution >= 0.6 is 11.3 Å². The van der Waals surface area contributed by atoms with E-state index >= 15 is 0 Å². The molecular weight excluding hydrogens is 294 g/mol. The van der Waals surface area contributed by atoms with Crippen molar-refractivity contribution in [2.45, 2.75) is 12.7 Å². The second-order valence-corrected chi connectivity index (χ2v) is 5.55. The Balaban J connectivity index is 1.79. The number of ether oxygens (including phenoxy) is 2. The first-order valence-electron chi connectivity index (χ1n) is 6.32. The topological polar surface area (TPSA) is 82.5 Å². The molecule has 1 fully saturated rings. The van der Waals surface area contributed by atoms with E-state index in [1.807, 2.05) is 0 Å². The SMILES string of the molecule is CC1(c2ncc(C(=O)Nn3ccccc3=O)s2)OCCO1. The molecule has 0 bridgehead atoms. The minimum Gasteiger partial charge on any atom is -0.342 e. The fourth-order valence-electron chi connectivity index (χ4n) is 1.91. The molecule has 2 aromatic heterocycles. The zero-order valence-electron chi connectivity index (χ0n) is 11.2. The van der Waals surface area contributed by atoms with Crippen molar-refractivity contribution in [1.82, 2.24) is 9.66 Å². The number of thiazole rings is 1. The molecule has 8 heteroatoms. The van der Waals surface area contributed by atoms with Crippen molar-refractivity contribution in [3.05, 3.63) is 50.8 Å². The predicted molar refractivity (Wildman–Crippen MR) is 75.8 cm³/mol. The lowest BCUT2D eigenvalue weighted by Crippen LogP contribution is -2.31. The summed E-state index contributed by atoms with van der Waals surface area (Å²) in [6, 6.07) is 4.62. The lowest BCUT2D eigenvalue weighted by molar-refractivity contribution is -0.149. The number of carbonyl (C=O) groups is 1. The molecule has 3 rings (SSSR count). The van der Waals surface area contributed by atoms with Gasteiger partial charge in [0.15, 0.2) is 5.01 Å².